The first-order chi connectivity index (χ1) is 20.2. The summed E-state index contributed by atoms with van der Waals surface area (Å²) >= 11 is 0. The molecule has 4 aromatic rings. The summed E-state index contributed by atoms with van der Waals surface area (Å²) < 4.78 is 5.50. The van der Waals surface area contributed by atoms with Crippen molar-refractivity contribution in [1.82, 2.24) is 30.0 Å². The number of hydrogen-bond donors (Lipinski definition) is 3. The lowest BCUT2D eigenvalue weighted by Crippen LogP contribution is -2.42. The molecule has 4 N–H and O–H groups in total. The fraction of sp³-hybridized carbons (Fsp3) is 0.194. The smallest absolute Gasteiger partial charge is 0.295 e. The van der Waals surface area contributed by atoms with E-state index in [0.717, 1.165) is 22.4 Å². The summed E-state index contributed by atoms with van der Waals surface area (Å²) in [5.41, 5.74) is 11.2. The highest BCUT2D eigenvalue weighted by Gasteiger charge is 2.30. The van der Waals surface area contributed by atoms with Crippen molar-refractivity contribution in [1.29, 1.82) is 0 Å². The number of pyridine rings is 1. The standard InChI is InChI=1S/C31H31N7O4/c1-5-25(42-4)26-21(16-34-28(26)27(32)23-15-24(36-35-23)30(40)37(2)3)29(39)31(41)38-14-12-19-18(17-38)9-8-10-20(19)22-11-6-7-13-33-22/h5-11,13,15-16,34H,1,12,14,17,32H2,2-4H3,(H,35,36)/b26-25+,28-27+. The molecule has 0 radical (unpaired) electrons. The molecular formula is C31H31N7O4. The van der Waals surface area contributed by atoms with Gasteiger partial charge in [0.1, 0.15) is 17.1 Å². The number of nitrogens with zero attached hydrogens (tertiary/aromatic N) is 4. The molecule has 0 saturated carbocycles. The van der Waals surface area contributed by atoms with Gasteiger partial charge in [-0.3, -0.25) is 24.5 Å². The molecule has 42 heavy (non-hydrogen) atoms. The van der Waals surface area contributed by atoms with Gasteiger partial charge in [0.15, 0.2) is 0 Å². The molecule has 0 fully saturated rings. The van der Waals surface area contributed by atoms with E-state index >= 15 is 0 Å². The van der Waals surface area contributed by atoms with Crippen LogP contribution in [-0.4, -0.2) is 75.3 Å². The van der Waals surface area contributed by atoms with Gasteiger partial charge in [0.05, 0.1) is 34.6 Å². The second kappa shape index (κ2) is 11.6. The Balaban J connectivity index is 1.50. The number of nitrogens with two attached hydrogens (primary N) is 1. The monoisotopic (exact) mass is 565 g/mol. The number of Topliss-reactive ketones (excluding diaryl/α,β-unsaturated/α-hetero) is 1. The molecule has 11 nitrogen and oxygen atoms in total. The lowest BCUT2D eigenvalue weighted by molar-refractivity contribution is -0.127. The third-order valence-corrected chi connectivity index (χ3v) is 7.22. The number of aromatic amines is 2. The van der Waals surface area contributed by atoms with Crippen molar-refractivity contribution in [3.8, 4) is 11.3 Å². The molecule has 0 unspecified atom stereocenters. The zero-order valence-corrected chi connectivity index (χ0v) is 23.6. The first-order valence-corrected chi connectivity index (χ1v) is 13.3. The number of fused-ring (bicyclic) bond motifs is 1. The maximum atomic E-state index is 13.7. The van der Waals surface area contributed by atoms with Gasteiger partial charge in [0.2, 0.25) is 0 Å². The number of benzene rings is 1. The topological polar surface area (TPSA) is 150 Å². The van der Waals surface area contributed by atoms with Crippen LogP contribution in [0.25, 0.3) is 22.7 Å². The number of rotatable bonds is 7. The number of amides is 2. The number of ether oxygens (including phenoxy) is 1. The van der Waals surface area contributed by atoms with Crippen LogP contribution < -0.4 is 16.3 Å². The summed E-state index contributed by atoms with van der Waals surface area (Å²) in [4.78, 5) is 50.1. The van der Waals surface area contributed by atoms with Crippen LogP contribution in [0.2, 0.25) is 0 Å². The lowest BCUT2D eigenvalue weighted by atomic mass is 9.92. The summed E-state index contributed by atoms with van der Waals surface area (Å²) in [5, 5.41) is 7.43. The molecule has 0 atom stereocenters. The summed E-state index contributed by atoms with van der Waals surface area (Å²) in [7, 11) is 4.68. The molecule has 5 rings (SSSR count). The minimum absolute atomic E-state index is 0.0860. The number of hydrogen-bond acceptors (Lipinski definition) is 7. The fourth-order valence-electron chi connectivity index (χ4n) is 5.10. The van der Waals surface area contributed by atoms with Gasteiger partial charge in [-0.25, -0.2) is 0 Å². The summed E-state index contributed by atoms with van der Waals surface area (Å²) in [6.45, 7) is 4.46. The predicted molar refractivity (Wildman–Crippen MR) is 157 cm³/mol. The van der Waals surface area contributed by atoms with Crippen LogP contribution in [0.5, 0.6) is 0 Å². The molecule has 0 aliphatic carbocycles. The van der Waals surface area contributed by atoms with E-state index in [2.05, 4.69) is 26.7 Å². The number of H-pyrrole nitrogens is 2. The van der Waals surface area contributed by atoms with Crippen LogP contribution in [0.4, 0.5) is 0 Å². The molecule has 214 valence electrons. The third-order valence-electron chi connectivity index (χ3n) is 7.22. The summed E-state index contributed by atoms with van der Waals surface area (Å²) in [6.07, 6.45) is 5.20. The Bertz CT molecular complexity index is 1820. The largest absolute Gasteiger partial charge is 0.496 e. The Morgan fingerprint density at radius 3 is 2.67 bits per heavy atom. The van der Waals surface area contributed by atoms with E-state index in [1.54, 1.807) is 25.2 Å². The third kappa shape index (κ3) is 5.07. The fourth-order valence-corrected chi connectivity index (χ4v) is 5.10. The molecular weight excluding hydrogens is 534 g/mol. The van der Waals surface area contributed by atoms with Gasteiger partial charge in [-0.05, 0) is 41.8 Å². The number of carbonyl (C=O) groups excluding carboxylic acids is 3. The maximum Gasteiger partial charge on any atom is 0.295 e. The van der Waals surface area contributed by atoms with E-state index < -0.39 is 11.7 Å². The summed E-state index contributed by atoms with van der Waals surface area (Å²) in [6, 6.07) is 13.2. The molecule has 1 aliphatic rings. The van der Waals surface area contributed by atoms with Gasteiger partial charge in [0, 0.05) is 45.1 Å². The minimum atomic E-state index is -0.716. The van der Waals surface area contributed by atoms with Crippen molar-refractivity contribution in [3.05, 3.63) is 106 Å². The second-order valence-electron chi connectivity index (χ2n) is 9.97. The van der Waals surface area contributed by atoms with Gasteiger partial charge in [0.25, 0.3) is 17.6 Å². The Morgan fingerprint density at radius 2 is 1.98 bits per heavy atom. The molecule has 4 heterocycles. The van der Waals surface area contributed by atoms with Crippen molar-refractivity contribution in [2.75, 3.05) is 27.7 Å². The quantitative estimate of drug-likeness (QED) is 0.226. The van der Waals surface area contributed by atoms with Gasteiger partial charge >= 0.3 is 0 Å². The van der Waals surface area contributed by atoms with Crippen molar-refractivity contribution >= 4 is 29.1 Å². The van der Waals surface area contributed by atoms with Crippen molar-refractivity contribution in [3.63, 3.8) is 0 Å². The van der Waals surface area contributed by atoms with E-state index in [1.807, 2.05) is 36.4 Å². The van der Waals surface area contributed by atoms with E-state index in [4.69, 9.17) is 10.5 Å². The highest BCUT2D eigenvalue weighted by Crippen LogP contribution is 2.29. The molecule has 0 bridgehead atoms. The lowest BCUT2D eigenvalue weighted by Gasteiger charge is -2.29. The average Bonchev–Trinajstić information content (AvgIpc) is 3.69. The van der Waals surface area contributed by atoms with Crippen LogP contribution >= 0.6 is 0 Å². The molecule has 11 heteroatoms. The number of carbonyl (C=O) groups is 3. The van der Waals surface area contributed by atoms with Crippen LogP contribution in [0.3, 0.4) is 0 Å². The predicted octanol–water partition coefficient (Wildman–Crippen LogP) is 1.33. The number of nitrogens with one attached hydrogen (secondary N) is 2. The Hall–Kier alpha value is -5.45. The molecule has 0 saturated heterocycles. The van der Waals surface area contributed by atoms with Gasteiger partial charge in [-0.1, -0.05) is 30.8 Å². The van der Waals surface area contributed by atoms with Crippen LogP contribution in [0.15, 0.2) is 67.5 Å². The van der Waals surface area contributed by atoms with E-state index in [9.17, 15) is 14.4 Å². The number of ketones is 1. The van der Waals surface area contributed by atoms with E-state index in [1.165, 1.54) is 30.3 Å². The molecule has 1 aromatic carbocycles. The molecule has 3 aromatic heterocycles. The molecule has 0 spiro atoms. The second-order valence-corrected chi connectivity index (χ2v) is 9.97. The summed E-state index contributed by atoms with van der Waals surface area (Å²) in [5.74, 6) is -1.39. The van der Waals surface area contributed by atoms with Gasteiger partial charge < -0.3 is 25.3 Å². The van der Waals surface area contributed by atoms with E-state index in [-0.39, 0.29) is 39.5 Å². The Labute approximate surface area is 242 Å². The van der Waals surface area contributed by atoms with Crippen LogP contribution in [0.1, 0.15) is 37.7 Å². The SMILES string of the molecule is C=C/C(OC)=c1/c(C(=O)C(=O)N2CCc3c(cccc3-c3ccccn3)C2)c[nH]/c1=C(/N)c1cc(C(=O)N(C)C)[nH]n1. The zero-order valence-electron chi connectivity index (χ0n) is 23.6. The zero-order chi connectivity index (χ0) is 30.0. The molecule has 1 aliphatic heterocycles. The van der Waals surface area contributed by atoms with Crippen LogP contribution in [0, 0.1) is 0 Å². The Morgan fingerprint density at radius 1 is 1.17 bits per heavy atom. The van der Waals surface area contributed by atoms with Crippen molar-refractivity contribution in [2.24, 2.45) is 5.73 Å². The van der Waals surface area contributed by atoms with Gasteiger partial charge in [-0.15, -0.1) is 0 Å². The minimum Gasteiger partial charge on any atom is -0.496 e. The highest BCUT2D eigenvalue weighted by molar-refractivity contribution is 6.42. The first-order valence-electron chi connectivity index (χ1n) is 13.3. The molecule has 2 amide bonds. The van der Waals surface area contributed by atoms with Crippen molar-refractivity contribution < 1.29 is 19.1 Å². The Kier molecular flexibility index (Phi) is 7.74. The average molecular weight is 566 g/mol. The first kappa shape index (κ1) is 28.1. The van der Waals surface area contributed by atoms with Gasteiger partial charge in [-0.2, -0.15) is 5.10 Å². The normalized spacial score (nSPS) is 14.0. The maximum absolute atomic E-state index is 13.7. The van der Waals surface area contributed by atoms with Crippen LogP contribution in [-0.2, 0) is 22.5 Å². The van der Waals surface area contributed by atoms with E-state index in [0.29, 0.717) is 24.9 Å². The number of aromatic nitrogens is 4. The number of methoxy groups -OCH3 is 1. The highest BCUT2D eigenvalue weighted by atomic mass is 16.5. The van der Waals surface area contributed by atoms with Crippen molar-refractivity contribution in [2.45, 2.75) is 13.0 Å².